The largest absolute Gasteiger partial charge is 0.459 e. The van der Waals surface area contributed by atoms with Crippen molar-refractivity contribution in [3.63, 3.8) is 0 Å². The molecule has 0 rings (SSSR count). The molecule has 0 amide bonds. The van der Waals surface area contributed by atoms with Crippen LogP contribution < -0.4 is 4.90 Å². The van der Waals surface area contributed by atoms with E-state index in [9.17, 15) is 9.59 Å². The van der Waals surface area contributed by atoms with Crippen molar-refractivity contribution in [2.24, 2.45) is 0 Å². The van der Waals surface area contributed by atoms with Crippen LogP contribution in [-0.2, 0) is 19.1 Å². The molecule has 0 heterocycles. The maximum absolute atomic E-state index is 11.3. The average Bonchev–Trinajstić information content (AvgIpc) is 2.35. The van der Waals surface area contributed by atoms with E-state index in [2.05, 4.69) is 6.92 Å². The van der Waals surface area contributed by atoms with Gasteiger partial charge in [0.15, 0.2) is 0 Å². The zero-order chi connectivity index (χ0) is 14.8. The zero-order valence-corrected chi connectivity index (χ0v) is 15.9. The summed E-state index contributed by atoms with van der Waals surface area (Å²) in [6.45, 7) is 8.87. The van der Waals surface area contributed by atoms with Crippen molar-refractivity contribution in [2.45, 2.75) is 28.6 Å². The topological polar surface area (TPSA) is 57.0 Å². The van der Waals surface area contributed by atoms with Crippen LogP contribution >= 0.6 is 45.2 Å². The van der Waals surface area contributed by atoms with Crippen molar-refractivity contribution in [2.75, 3.05) is 32.8 Å². The summed E-state index contributed by atoms with van der Waals surface area (Å²) in [5, 5.41) is 0. The fourth-order valence-electron chi connectivity index (χ4n) is 1.30. The Morgan fingerprint density at radius 1 is 1.00 bits per heavy atom. The van der Waals surface area contributed by atoms with E-state index in [0.717, 1.165) is 19.6 Å². The number of esters is 2. The van der Waals surface area contributed by atoms with E-state index in [1.807, 2.05) is 45.2 Å². The van der Waals surface area contributed by atoms with E-state index in [1.54, 1.807) is 13.8 Å². The molecule has 0 aromatic rings. The Labute approximate surface area is 142 Å². The van der Waals surface area contributed by atoms with Gasteiger partial charge < -0.3 is 14.4 Å². The van der Waals surface area contributed by atoms with Crippen LogP contribution in [-0.4, -0.2) is 52.6 Å². The van der Waals surface area contributed by atoms with E-state index >= 15 is 0 Å². The van der Waals surface area contributed by atoms with Crippen LogP contribution in [0.2, 0.25) is 0 Å². The number of hydrogen-bond donors (Lipinski definition) is 1. The molecular weight excluding hydrogens is 476 g/mol. The lowest BCUT2D eigenvalue weighted by atomic mass is 10.4. The molecule has 0 spiro atoms. The molecule has 19 heavy (non-hydrogen) atoms. The van der Waals surface area contributed by atoms with Gasteiger partial charge in [-0.3, -0.25) is 9.59 Å². The Morgan fingerprint density at radius 3 is 1.63 bits per heavy atom. The summed E-state index contributed by atoms with van der Waals surface area (Å²) < 4.78 is 10.0. The fraction of sp³-hybridized carbons (Fsp3) is 0.833. The Bertz CT molecular complexity index is 259. The highest BCUT2D eigenvalue weighted by Gasteiger charge is 2.14. The minimum Gasteiger partial charge on any atom is -0.459 e. The number of carbonyl (C=O) groups is 2. The number of ether oxygens (including phenoxy) is 2. The molecule has 2 atom stereocenters. The number of carbonyl (C=O) groups excluding carboxylic acids is 2. The van der Waals surface area contributed by atoms with Gasteiger partial charge in [0.25, 0.3) is 0 Å². The van der Waals surface area contributed by atoms with E-state index in [1.165, 1.54) is 4.90 Å². The molecule has 7 heteroatoms. The van der Waals surface area contributed by atoms with E-state index in [4.69, 9.17) is 9.47 Å². The summed E-state index contributed by atoms with van der Waals surface area (Å²) in [6.07, 6.45) is 0. The van der Waals surface area contributed by atoms with Crippen LogP contribution in [0.3, 0.4) is 0 Å². The van der Waals surface area contributed by atoms with Gasteiger partial charge in [-0.05, 0) is 20.8 Å². The number of alkyl halides is 2. The third kappa shape index (κ3) is 9.83. The second-order valence-corrected chi connectivity index (χ2v) is 7.91. The highest BCUT2D eigenvalue weighted by molar-refractivity contribution is 14.1. The molecule has 0 aromatic heterocycles. The van der Waals surface area contributed by atoms with Gasteiger partial charge in [-0.25, -0.2) is 0 Å². The molecule has 0 aliphatic rings. The van der Waals surface area contributed by atoms with Gasteiger partial charge in [-0.2, -0.15) is 0 Å². The standard InChI is InChI=1S/C12H21I2NO4/c1-4-15(5-7-18-11(16)9(2)13)6-8-19-12(17)10(3)14/h9-10H,4-8H2,1-3H3/p+1. The van der Waals surface area contributed by atoms with Crippen molar-refractivity contribution in [3.05, 3.63) is 0 Å². The molecule has 0 fully saturated rings. The van der Waals surface area contributed by atoms with Crippen LogP contribution in [0.15, 0.2) is 0 Å². The Hall–Kier alpha value is 0.360. The molecule has 0 aromatic carbocycles. The van der Waals surface area contributed by atoms with Crippen molar-refractivity contribution in [3.8, 4) is 0 Å². The Morgan fingerprint density at radius 2 is 1.37 bits per heavy atom. The fourth-order valence-corrected chi connectivity index (χ4v) is 1.66. The first-order valence-electron chi connectivity index (χ1n) is 6.33. The van der Waals surface area contributed by atoms with Crippen molar-refractivity contribution in [1.29, 1.82) is 0 Å². The molecule has 2 unspecified atom stereocenters. The van der Waals surface area contributed by atoms with Crippen molar-refractivity contribution in [1.82, 2.24) is 0 Å². The van der Waals surface area contributed by atoms with E-state index in [0.29, 0.717) is 13.2 Å². The maximum atomic E-state index is 11.3. The number of rotatable bonds is 9. The quantitative estimate of drug-likeness (QED) is 0.288. The number of nitrogens with one attached hydrogen (secondary N) is 1. The Balaban J connectivity index is 3.78. The second kappa shape index (κ2) is 11.1. The molecule has 0 bridgehead atoms. The molecule has 0 aliphatic heterocycles. The first-order chi connectivity index (χ1) is 8.88. The summed E-state index contributed by atoms with van der Waals surface area (Å²) in [5.74, 6) is -0.359. The number of hydrogen-bond acceptors (Lipinski definition) is 4. The predicted octanol–water partition coefficient (Wildman–Crippen LogP) is 0.625. The minimum absolute atomic E-state index is 0.117. The summed E-state index contributed by atoms with van der Waals surface area (Å²) >= 11 is 4.06. The highest BCUT2D eigenvalue weighted by atomic mass is 127. The van der Waals surface area contributed by atoms with Crippen molar-refractivity contribution >= 4 is 57.1 Å². The predicted molar refractivity (Wildman–Crippen MR) is 90.1 cm³/mol. The maximum Gasteiger partial charge on any atom is 0.318 e. The summed E-state index contributed by atoms with van der Waals surface area (Å²) in [7, 11) is 0. The van der Waals surface area contributed by atoms with Gasteiger partial charge in [-0.15, -0.1) is 0 Å². The summed E-state index contributed by atoms with van der Waals surface area (Å²) in [6, 6.07) is 0. The lowest BCUT2D eigenvalue weighted by Crippen LogP contribution is -3.12. The lowest BCUT2D eigenvalue weighted by molar-refractivity contribution is -0.898. The minimum atomic E-state index is -0.179. The lowest BCUT2D eigenvalue weighted by Gasteiger charge is -2.18. The smallest absolute Gasteiger partial charge is 0.318 e. The first kappa shape index (κ1) is 19.4. The third-order valence-electron chi connectivity index (χ3n) is 2.55. The van der Waals surface area contributed by atoms with Gasteiger partial charge in [0.05, 0.1) is 6.54 Å². The van der Waals surface area contributed by atoms with Gasteiger partial charge in [-0.1, -0.05) is 45.2 Å². The number of quaternary nitrogens is 1. The van der Waals surface area contributed by atoms with Crippen LogP contribution in [0.25, 0.3) is 0 Å². The molecule has 0 saturated carbocycles. The van der Waals surface area contributed by atoms with Gasteiger partial charge in [0, 0.05) is 0 Å². The van der Waals surface area contributed by atoms with E-state index in [-0.39, 0.29) is 19.8 Å². The second-order valence-electron chi connectivity index (χ2n) is 4.17. The average molecular weight is 498 g/mol. The SMILES string of the molecule is CC[NH+](CCOC(=O)C(C)I)CCOC(=O)C(C)I. The molecule has 112 valence electrons. The Kier molecular flexibility index (Phi) is 11.3. The first-order valence-corrected chi connectivity index (χ1v) is 8.82. The third-order valence-corrected chi connectivity index (χ3v) is 3.57. The monoisotopic (exact) mass is 498 g/mol. The van der Waals surface area contributed by atoms with Gasteiger partial charge in [0.2, 0.25) is 0 Å². The van der Waals surface area contributed by atoms with Crippen molar-refractivity contribution < 1.29 is 24.0 Å². The van der Waals surface area contributed by atoms with Crippen LogP contribution in [0.4, 0.5) is 0 Å². The van der Waals surface area contributed by atoms with Crippen LogP contribution in [0.5, 0.6) is 0 Å². The van der Waals surface area contributed by atoms with Gasteiger partial charge in [0.1, 0.15) is 34.2 Å². The van der Waals surface area contributed by atoms with E-state index < -0.39 is 0 Å². The summed E-state index contributed by atoms with van der Waals surface area (Å²) in [5.41, 5.74) is 0. The summed E-state index contributed by atoms with van der Waals surface area (Å²) in [4.78, 5) is 23.8. The van der Waals surface area contributed by atoms with Crippen LogP contribution in [0, 0.1) is 0 Å². The zero-order valence-electron chi connectivity index (χ0n) is 11.6. The number of halogens is 2. The highest BCUT2D eigenvalue weighted by Crippen LogP contribution is 2.00. The van der Waals surface area contributed by atoms with Gasteiger partial charge >= 0.3 is 11.9 Å². The molecular formula is C12H22I2NO4+. The normalized spacial score (nSPS) is 15.4. The molecule has 5 nitrogen and oxygen atoms in total. The molecule has 0 saturated heterocycles. The number of likely N-dealkylation sites (N-methyl/N-ethyl adjacent to an activating group) is 1. The molecule has 0 aliphatic carbocycles. The van der Waals surface area contributed by atoms with Crippen LogP contribution in [0.1, 0.15) is 20.8 Å². The molecule has 0 radical (unpaired) electrons. The molecule has 1 N–H and O–H groups in total.